The normalized spacial score (nSPS) is 10.1. The second kappa shape index (κ2) is 4.45. The summed E-state index contributed by atoms with van der Waals surface area (Å²) in [6.07, 6.45) is 3.51. The van der Waals surface area contributed by atoms with Crippen LogP contribution >= 0.6 is 22.6 Å². The topological polar surface area (TPSA) is 27.1 Å². The summed E-state index contributed by atoms with van der Waals surface area (Å²) in [7, 11) is 0. The van der Waals surface area contributed by atoms with Crippen LogP contribution in [0.5, 0.6) is 0 Å². The molecule has 0 saturated heterocycles. The van der Waals surface area contributed by atoms with E-state index in [1.165, 1.54) is 0 Å². The van der Waals surface area contributed by atoms with Crippen molar-refractivity contribution in [3.63, 3.8) is 0 Å². The molecule has 0 bridgehead atoms. The molecule has 0 N–H and O–H groups in total. The van der Waals surface area contributed by atoms with Crippen LogP contribution in [0.25, 0.3) is 0 Å². The minimum Gasteiger partial charge on any atom is -0.407 e. The van der Waals surface area contributed by atoms with Crippen molar-refractivity contribution in [2.75, 3.05) is 0 Å². The van der Waals surface area contributed by atoms with Crippen LogP contribution in [0.4, 0.5) is 0 Å². The van der Waals surface area contributed by atoms with Crippen molar-refractivity contribution in [1.29, 1.82) is 0 Å². The first-order chi connectivity index (χ1) is 6.86. The van der Waals surface area contributed by atoms with Crippen LogP contribution in [0.1, 0.15) is 5.56 Å². The van der Waals surface area contributed by atoms with Gasteiger partial charge in [0.25, 0.3) is 0 Å². The van der Waals surface area contributed by atoms with E-state index in [2.05, 4.69) is 27.6 Å². The third-order valence-corrected chi connectivity index (χ3v) is 2.53. The summed E-state index contributed by atoms with van der Waals surface area (Å²) in [6.45, 7) is 0.563. The van der Waals surface area contributed by atoms with Crippen LogP contribution in [0, 0.1) is 3.83 Å². The van der Waals surface area contributed by atoms with E-state index in [0.717, 1.165) is 9.39 Å². The van der Waals surface area contributed by atoms with E-state index >= 15 is 0 Å². The van der Waals surface area contributed by atoms with Crippen molar-refractivity contribution in [2.45, 2.75) is 6.61 Å². The van der Waals surface area contributed by atoms with Gasteiger partial charge >= 0.3 is 0 Å². The fourth-order valence-corrected chi connectivity index (χ4v) is 1.55. The second-order valence-corrected chi connectivity index (χ2v) is 3.75. The Morgan fingerprint density at radius 3 is 2.71 bits per heavy atom. The number of halogens is 1. The summed E-state index contributed by atoms with van der Waals surface area (Å²) in [5.74, 6) is 0. The van der Waals surface area contributed by atoms with Gasteiger partial charge in [-0.05, 0) is 5.56 Å². The van der Waals surface area contributed by atoms with Gasteiger partial charge < -0.3 is 4.84 Å². The average molecular weight is 300 g/mol. The molecular formula is C10H9IN2O. The Kier molecular flexibility index (Phi) is 3.03. The Labute approximate surface area is 95.8 Å². The maximum absolute atomic E-state index is 5.51. The molecule has 2 aromatic rings. The minimum absolute atomic E-state index is 0.563. The first kappa shape index (κ1) is 9.51. The van der Waals surface area contributed by atoms with Crippen molar-refractivity contribution < 1.29 is 4.84 Å². The summed E-state index contributed by atoms with van der Waals surface area (Å²) in [4.78, 5) is 9.56. The number of benzene rings is 1. The van der Waals surface area contributed by atoms with Crippen molar-refractivity contribution in [2.24, 2.45) is 0 Å². The lowest BCUT2D eigenvalue weighted by molar-refractivity contribution is 0.0912. The molecule has 4 heteroatoms. The molecule has 2 rings (SSSR count). The van der Waals surface area contributed by atoms with Crippen LogP contribution in [0.3, 0.4) is 0 Å². The van der Waals surface area contributed by atoms with E-state index < -0.39 is 0 Å². The van der Waals surface area contributed by atoms with Gasteiger partial charge in [-0.1, -0.05) is 30.3 Å². The molecule has 1 aromatic carbocycles. The zero-order chi connectivity index (χ0) is 9.80. The Morgan fingerprint density at radius 2 is 2.07 bits per heavy atom. The maximum Gasteiger partial charge on any atom is 0.205 e. The average Bonchev–Trinajstić information content (AvgIpc) is 2.63. The summed E-state index contributed by atoms with van der Waals surface area (Å²) < 4.78 is 2.49. The molecule has 0 aliphatic rings. The zero-order valence-electron chi connectivity index (χ0n) is 7.43. The molecule has 14 heavy (non-hydrogen) atoms. The predicted octanol–water partition coefficient (Wildman–Crippen LogP) is 2.12. The molecule has 0 saturated carbocycles. The molecule has 1 heterocycles. The summed E-state index contributed by atoms with van der Waals surface area (Å²) in [5, 5.41) is 0. The van der Waals surface area contributed by atoms with E-state index in [1.807, 2.05) is 30.3 Å². The van der Waals surface area contributed by atoms with Crippen LogP contribution < -0.4 is 4.84 Å². The molecule has 3 nitrogen and oxygen atoms in total. The SMILES string of the molecule is Ic1nccn1OCc1ccccc1. The zero-order valence-corrected chi connectivity index (χ0v) is 9.59. The summed E-state index contributed by atoms with van der Waals surface area (Å²) >= 11 is 2.13. The number of hydrogen-bond acceptors (Lipinski definition) is 2. The highest BCUT2D eigenvalue weighted by atomic mass is 127. The Morgan fingerprint density at radius 1 is 1.29 bits per heavy atom. The van der Waals surface area contributed by atoms with Gasteiger partial charge in [0.1, 0.15) is 6.61 Å². The van der Waals surface area contributed by atoms with Crippen LogP contribution in [-0.2, 0) is 6.61 Å². The minimum atomic E-state index is 0.563. The molecule has 0 spiro atoms. The third kappa shape index (κ3) is 2.25. The van der Waals surface area contributed by atoms with E-state index in [1.54, 1.807) is 17.1 Å². The van der Waals surface area contributed by atoms with Crippen molar-refractivity contribution >= 4 is 22.6 Å². The van der Waals surface area contributed by atoms with Gasteiger partial charge in [-0.15, -0.1) is 0 Å². The molecule has 0 aliphatic carbocycles. The van der Waals surface area contributed by atoms with Crippen molar-refractivity contribution in [3.8, 4) is 0 Å². The number of imidazole rings is 1. The van der Waals surface area contributed by atoms with Crippen LogP contribution in [0.15, 0.2) is 42.7 Å². The molecule has 0 fully saturated rings. The molecule has 0 radical (unpaired) electrons. The fourth-order valence-electron chi connectivity index (χ4n) is 1.09. The Hall–Kier alpha value is -1.04. The lowest BCUT2D eigenvalue weighted by Gasteiger charge is -2.06. The van der Waals surface area contributed by atoms with E-state index in [4.69, 9.17) is 4.84 Å². The van der Waals surface area contributed by atoms with Crippen molar-refractivity contribution in [3.05, 3.63) is 52.1 Å². The smallest absolute Gasteiger partial charge is 0.205 e. The summed E-state index contributed by atoms with van der Waals surface area (Å²) in [6, 6.07) is 10.0. The number of nitrogens with zero attached hydrogens (tertiary/aromatic N) is 2. The lowest BCUT2D eigenvalue weighted by Crippen LogP contribution is -2.11. The molecular weight excluding hydrogens is 291 g/mol. The quantitative estimate of drug-likeness (QED) is 0.812. The Bertz CT molecular complexity index is 400. The molecule has 0 unspecified atom stereocenters. The van der Waals surface area contributed by atoms with E-state index in [-0.39, 0.29) is 0 Å². The highest BCUT2D eigenvalue weighted by Gasteiger charge is 1.98. The molecule has 0 aliphatic heterocycles. The lowest BCUT2D eigenvalue weighted by atomic mass is 10.2. The molecule has 0 amide bonds. The van der Waals surface area contributed by atoms with Gasteiger partial charge in [-0.3, -0.25) is 0 Å². The first-order valence-electron chi connectivity index (χ1n) is 4.22. The van der Waals surface area contributed by atoms with Crippen molar-refractivity contribution in [1.82, 2.24) is 9.71 Å². The highest BCUT2D eigenvalue weighted by molar-refractivity contribution is 14.1. The van der Waals surface area contributed by atoms with Gasteiger partial charge in [0.15, 0.2) is 0 Å². The van der Waals surface area contributed by atoms with Crippen LogP contribution in [-0.4, -0.2) is 9.71 Å². The number of rotatable bonds is 3. The second-order valence-electron chi connectivity index (χ2n) is 2.78. The molecule has 0 atom stereocenters. The highest BCUT2D eigenvalue weighted by Crippen LogP contribution is 2.02. The van der Waals surface area contributed by atoms with Gasteiger partial charge in [-0.25, -0.2) is 4.98 Å². The van der Waals surface area contributed by atoms with Gasteiger partial charge in [-0.2, -0.15) is 4.73 Å². The monoisotopic (exact) mass is 300 g/mol. The van der Waals surface area contributed by atoms with Crippen LogP contribution in [0.2, 0.25) is 0 Å². The maximum atomic E-state index is 5.51. The van der Waals surface area contributed by atoms with Gasteiger partial charge in [0.05, 0.1) is 6.20 Å². The first-order valence-corrected chi connectivity index (χ1v) is 5.30. The van der Waals surface area contributed by atoms with E-state index in [9.17, 15) is 0 Å². The standard InChI is InChI=1S/C10H9IN2O/c11-10-12-6-7-13(10)14-8-9-4-2-1-3-5-9/h1-7H,8H2. The van der Waals surface area contributed by atoms with Gasteiger partial charge in [0, 0.05) is 28.8 Å². The van der Waals surface area contributed by atoms with E-state index in [0.29, 0.717) is 6.61 Å². The molecule has 1 aromatic heterocycles. The summed E-state index contributed by atoms with van der Waals surface area (Å²) in [5.41, 5.74) is 1.15. The molecule has 72 valence electrons. The number of hydrogen-bond donors (Lipinski definition) is 0. The third-order valence-electron chi connectivity index (χ3n) is 1.78. The number of aromatic nitrogens is 2. The predicted molar refractivity (Wildman–Crippen MR) is 61.7 cm³/mol. The van der Waals surface area contributed by atoms with Gasteiger partial charge in [0.2, 0.25) is 3.83 Å². The largest absolute Gasteiger partial charge is 0.407 e. The Balaban J connectivity index is 1.99. The fraction of sp³-hybridized carbons (Fsp3) is 0.100.